The number of benzene rings is 2. The fraction of sp³-hybridized carbons (Fsp3) is 0.250. The minimum absolute atomic E-state index is 0.0885. The van der Waals surface area contributed by atoms with Crippen LogP contribution in [0.4, 0.5) is 5.69 Å². The van der Waals surface area contributed by atoms with Crippen molar-refractivity contribution < 1.29 is 4.74 Å². The largest absolute Gasteiger partial charge is 0.496 e. The molecule has 4 heteroatoms. The Morgan fingerprint density at radius 3 is 2.40 bits per heavy atom. The Hall–Kier alpha value is -1.32. The molecule has 2 aromatic rings. The number of nitrogen functional groups attached to an aromatic ring is 1. The zero-order valence-corrected chi connectivity index (χ0v) is 13.4. The van der Waals surface area contributed by atoms with Gasteiger partial charge in [0.1, 0.15) is 5.75 Å². The molecule has 2 aromatic carbocycles. The van der Waals surface area contributed by atoms with Crippen LogP contribution in [0.15, 0.2) is 47.4 Å². The average Bonchev–Trinajstić information content (AvgIpc) is 2.43. The molecule has 106 valence electrons. The molecule has 0 fully saturated rings. The van der Waals surface area contributed by atoms with Crippen LogP contribution in [0, 0.1) is 0 Å². The van der Waals surface area contributed by atoms with E-state index in [2.05, 4.69) is 26.0 Å². The van der Waals surface area contributed by atoms with E-state index in [0.29, 0.717) is 10.7 Å². The van der Waals surface area contributed by atoms with Crippen molar-refractivity contribution in [2.75, 3.05) is 12.8 Å². The van der Waals surface area contributed by atoms with Crippen molar-refractivity contribution in [3.63, 3.8) is 0 Å². The molecule has 0 heterocycles. The van der Waals surface area contributed by atoms with Gasteiger partial charge in [0.25, 0.3) is 0 Å². The third kappa shape index (κ3) is 3.22. The summed E-state index contributed by atoms with van der Waals surface area (Å²) in [6.07, 6.45) is 0. The van der Waals surface area contributed by atoms with Crippen molar-refractivity contribution in [2.24, 2.45) is 0 Å². The van der Waals surface area contributed by atoms with Gasteiger partial charge >= 0.3 is 0 Å². The van der Waals surface area contributed by atoms with Crippen LogP contribution in [-0.4, -0.2) is 7.11 Å². The van der Waals surface area contributed by atoms with Gasteiger partial charge in [-0.15, -0.1) is 11.8 Å². The molecular formula is C16H18ClNOS. The number of halogens is 1. The molecule has 2 nitrogen and oxygen atoms in total. The lowest BCUT2D eigenvalue weighted by atomic mass is 10.0. The number of hydrogen-bond acceptors (Lipinski definition) is 3. The van der Waals surface area contributed by atoms with Crippen molar-refractivity contribution in [3.8, 4) is 5.75 Å². The van der Waals surface area contributed by atoms with Gasteiger partial charge in [-0.05, 0) is 25.5 Å². The third-order valence-electron chi connectivity index (χ3n) is 3.12. The topological polar surface area (TPSA) is 35.2 Å². The summed E-state index contributed by atoms with van der Waals surface area (Å²) in [6.45, 7) is 4.36. The molecule has 0 saturated heterocycles. The summed E-state index contributed by atoms with van der Waals surface area (Å²) in [5.74, 6) is 0.748. The van der Waals surface area contributed by atoms with Gasteiger partial charge in [-0.1, -0.05) is 41.9 Å². The first-order valence-electron chi connectivity index (χ1n) is 6.31. The van der Waals surface area contributed by atoms with Crippen LogP contribution < -0.4 is 10.5 Å². The second-order valence-corrected chi connectivity index (χ2v) is 7.07. The Labute approximate surface area is 129 Å². The Kier molecular flexibility index (Phi) is 4.51. The maximum Gasteiger partial charge on any atom is 0.134 e. The summed E-state index contributed by atoms with van der Waals surface area (Å²) >= 11 is 7.75. The number of thioether (sulfide) groups is 1. The van der Waals surface area contributed by atoms with Crippen LogP contribution in [0.2, 0.25) is 5.02 Å². The molecule has 20 heavy (non-hydrogen) atoms. The Balaban J connectivity index is 2.36. The molecule has 2 N–H and O–H groups in total. The average molecular weight is 308 g/mol. The molecule has 2 rings (SSSR count). The number of methoxy groups -OCH3 is 1. The second kappa shape index (κ2) is 5.98. The van der Waals surface area contributed by atoms with Gasteiger partial charge in [-0.2, -0.15) is 0 Å². The molecule has 0 atom stereocenters. The number of hydrogen-bond donors (Lipinski definition) is 1. The van der Waals surface area contributed by atoms with Gasteiger partial charge in [0, 0.05) is 10.8 Å². The molecule has 0 aromatic heterocycles. The number of rotatable bonds is 4. The molecule has 0 aliphatic carbocycles. The van der Waals surface area contributed by atoms with E-state index in [1.807, 2.05) is 24.3 Å². The highest BCUT2D eigenvalue weighted by Gasteiger charge is 2.24. The van der Waals surface area contributed by atoms with Crippen LogP contribution >= 0.6 is 23.4 Å². The molecule has 0 spiro atoms. The van der Waals surface area contributed by atoms with Gasteiger partial charge in [0.05, 0.1) is 22.7 Å². The normalized spacial score (nSPS) is 11.4. The summed E-state index contributed by atoms with van der Waals surface area (Å²) in [4.78, 5) is 0.989. The quantitative estimate of drug-likeness (QED) is 0.640. The standard InChI is InChI=1S/C16H18ClNOS/c1-16(2,11-7-5-4-6-8-11)20-15-10-13(18)12(17)9-14(15)19-3/h4-10H,18H2,1-3H3. The SMILES string of the molecule is COc1cc(Cl)c(N)cc1SC(C)(C)c1ccccc1. The fourth-order valence-electron chi connectivity index (χ4n) is 1.96. The van der Waals surface area contributed by atoms with E-state index < -0.39 is 0 Å². The van der Waals surface area contributed by atoms with E-state index in [1.165, 1.54) is 5.56 Å². The van der Waals surface area contributed by atoms with Crippen molar-refractivity contribution in [1.82, 2.24) is 0 Å². The van der Waals surface area contributed by atoms with Crippen LogP contribution in [0.25, 0.3) is 0 Å². The molecule has 0 bridgehead atoms. The van der Waals surface area contributed by atoms with Gasteiger partial charge in [0.2, 0.25) is 0 Å². The summed E-state index contributed by atoms with van der Waals surface area (Å²) in [5, 5.41) is 0.517. The molecule has 0 aliphatic heterocycles. The van der Waals surface area contributed by atoms with E-state index in [1.54, 1.807) is 24.9 Å². The van der Waals surface area contributed by atoms with Gasteiger partial charge < -0.3 is 10.5 Å². The number of nitrogens with two attached hydrogens (primary N) is 1. The lowest BCUT2D eigenvalue weighted by Gasteiger charge is -2.26. The van der Waals surface area contributed by atoms with E-state index in [0.717, 1.165) is 10.6 Å². The van der Waals surface area contributed by atoms with Crippen LogP contribution in [0.5, 0.6) is 5.75 Å². The predicted octanol–water partition coefficient (Wildman–Crippen LogP) is 4.96. The third-order valence-corrected chi connectivity index (χ3v) is 4.73. The molecule has 0 radical (unpaired) electrons. The van der Waals surface area contributed by atoms with E-state index in [9.17, 15) is 0 Å². The molecular weight excluding hydrogens is 290 g/mol. The maximum absolute atomic E-state index is 6.04. The lowest BCUT2D eigenvalue weighted by molar-refractivity contribution is 0.404. The molecule has 0 saturated carbocycles. The predicted molar refractivity (Wildman–Crippen MR) is 87.7 cm³/mol. The monoisotopic (exact) mass is 307 g/mol. The fourth-order valence-corrected chi connectivity index (χ4v) is 3.35. The first-order valence-corrected chi connectivity index (χ1v) is 7.51. The summed E-state index contributed by atoms with van der Waals surface area (Å²) in [6, 6.07) is 14.0. The maximum atomic E-state index is 6.04. The first kappa shape index (κ1) is 15.1. The number of anilines is 1. The molecule has 0 aliphatic rings. The van der Waals surface area contributed by atoms with Crippen molar-refractivity contribution >= 4 is 29.1 Å². The Morgan fingerprint density at radius 2 is 1.80 bits per heavy atom. The first-order chi connectivity index (χ1) is 9.44. The highest BCUT2D eigenvalue weighted by Crippen LogP contribution is 2.46. The van der Waals surface area contributed by atoms with Crippen LogP contribution in [0.3, 0.4) is 0 Å². The highest BCUT2D eigenvalue weighted by molar-refractivity contribution is 8.00. The summed E-state index contributed by atoms with van der Waals surface area (Å²) in [5.41, 5.74) is 7.72. The zero-order valence-electron chi connectivity index (χ0n) is 11.8. The molecule has 0 amide bonds. The van der Waals surface area contributed by atoms with Gasteiger partial charge in [0.15, 0.2) is 0 Å². The van der Waals surface area contributed by atoms with E-state index >= 15 is 0 Å². The Bertz CT molecular complexity index is 599. The zero-order chi connectivity index (χ0) is 14.8. The van der Waals surface area contributed by atoms with Crippen LogP contribution in [0.1, 0.15) is 19.4 Å². The summed E-state index contributed by atoms with van der Waals surface area (Å²) in [7, 11) is 1.64. The summed E-state index contributed by atoms with van der Waals surface area (Å²) < 4.78 is 5.31. The van der Waals surface area contributed by atoms with Crippen molar-refractivity contribution in [3.05, 3.63) is 53.1 Å². The van der Waals surface area contributed by atoms with Crippen molar-refractivity contribution in [1.29, 1.82) is 0 Å². The smallest absolute Gasteiger partial charge is 0.134 e. The Morgan fingerprint density at radius 1 is 1.15 bits per heavy atom. The van der Waals surface area contributed by atoms with E-state index in [-0.39, 0.29) is 4.75 Å². The minimum atomic E-state index is -0.0885. The van der Waals surface area contributed by atoms with Crippen molar-refractivity contribution in [2.45, 2.75) is 23.5 Å². The van der Waals surface area contributed by atoms with Crippen LogP contribution in [-0.2, 0) is 4.75 Å². The highest BCUT2D eigenvalue weighted by atomic mass is 35.5. The minimum Gasteiger partial charge on any atom is -0.496 e. The second-order valence-electron chi connectivity index (χ2n) is 5.00. The molecule has 0 unspecified atom stereocenters. The number of ether oxygens (including phenoxy) is 1. The van der Waals surface area contributed by atoms with Gasteiger partial charge in [-0.3, -0.25) is 0 Å². The van der Waals surface area contributed by atoms with E-state index in [4.69, 9.17) is 22.1 Å². The lowest BCUT2D eigenvalue weighted by Crippen LogP contribution is -2.11. The van der Waals surface area contributed by atoms with Gasteiger partial charge in [-0.25, -0.2) is 0 Å².